The zero-order valence-corrected chi connectivity index (χ0v) is 13.3. The van der Waals surface area contributed by atoms with Crippen molar-refractivity contribution in [2.24, 2.45) is 0 Å². The Morgan fingerprint density at radius 1 is 1.27 bits per heavy atom. The van der Waals surface area contributed by atoms with Gasteiger partial charge in [-0.25, -0.2) is 0 Å². The molecule has 1 atom stereocenters. The summed E-state index contributed by atoms with van der Waals surface area (Å²) in [5, 5.41) is 5.54. The van der Waals surface area contributed by atoms with E-state index in [-0.39, 0.29) is 11.8 Å². The molecule has 3 rings (SSSR count). The molecule has 0 unspecified atom stereocenters. The molecule has 0 saturated carbocycles. The smallest absolute Gasteiger partial charge is 0.265 e. The Hall–Kier alpha value is -2.34. The molecule has 0 bridgehead atoms. The minimum atomic E-state index is -0.519. The lowest BCUT2D eigenvalue weighted by molar-refractivity contribution is -0.122. The first-order valence-corrected chi connectivity index (χ1v) is 7.51. The number of hydrogen-bond donors (Lipinski definition) is 2. The summed E-state index contributed by atoms with van der Waals surface area (Å²) in [6, 6.07) is 12.2. The van der Waals surface area contributed by atoms with Crippen LogP contribution in [0.5, 0.6) is 5.75 Å². The number of halogens is 1. The molecule has 0 fully saturated rings. The molecule has 0 aromatic heterocycles. The zero-order valence-electron chi connectivity index (χ0n) is 11.7. The summed E-state index contributed by atoms with van der Waals surface area (Å²) >= 11 is 3.33. The average Bonchev–Trinajstić information content (AvgIpc) is 2.49. The highest BCUT2D eigenvalue weighted by Crippen LogP contribution is 2.32. The largest absolute Gasteiger partial charge is 0.479 e. The van der Waals surface area contributed by atoms with Crippen molar-refractivity contribution in [1.82, 2.24) is 0 Å². The SMILES string of the molecule is C[C@@H]1Oc2ccc(NC(=O)c3cccc(Br)c3)cc2NC1=O. The predicted molar refractivity (Wildman–Crippen MR) is 87.3 cm³/mol. The minimum absolute atomic E-state index is 0.206. The Balaban J connectivity index is 1.80. The van der Waals surface area contributed by atoms with Crippen molar-refractivity contribution < 1.29 is 14.3 Å². The molecule has 112 valence electrons. The van der Waals surface area contributed by atoms with Gasteiger partial charge in [0.15, 0.2) is 6.10 Å². The Morgan fingerprint density at radius 2 is 2.09 bits per heavy atom. The van der Waals surface area contributed by atoms with Crippen LogP contribution in [-0.4, -0.2) is 17.9 Å². The average molecular weight is 361 g/mol. The summed E-state index contributed by atoms with van der Waals surface area (Å²) in [7, 11) is 0. The van der Waals surface area contributed by atoms with Gasteiger partial charge in [-0.1, -0.05) is 22.0 Å². The van der Waals surface area contributed by atoms with Gasteiger partial charge in [0.2, 0.25) is 0 Å². The fraction of sp³-hybridized carbons (Fsp3) is 0.125. The lowest BCUT2D eigenvalue weighted by atomic mass is 10.2. The van der Waals surface area contributed by atoms with Crippen molar-refractivity contribution in [2.45, 2.75) is 13.0 Å². The fourth-order valence-corrected chi connectivity index (χ4v) is 2.52. The molecule has 5 nitrogen and oxygen atoms in total. The van der Waals surface area contributed by atoms with Crippen LogP contribution in [-0.2, 0) is 4.79 Å². The van der Waals surface area contributed by atoms with E-state index in [1.54, 1.807) is 43.3 Å². The maximum absolute atomic E-state index is 12.2. The number of fused-ring (bicyclic) bond motifs is 1. The standard InChI is InChI=1S/C16H13BrN2O3/c1-9-15(20)19-13-8-12(5-6-14(13)22-9)18-16(21)10-3-2-4-11(17)7-10/h2-9H,1H3,(H,18,21)(H,19,20)/t9-/m0/s1. The van der Waals surface area contributed by atoms with Gasteiger partial charge in [-0.2, -0.15) is 0 Å². The first kappa shape index (κ1) is 14.6. The Kier molecular flexibility index (Phi) is 3.85. The van der Waals surface area contributed by atoms with Gasteiger partial charge in [-0.3, -0.25) is 9.59 Å². The molecule has 0 saturated heterocycles. The van der Waals surface area contributed by atoms with Crippen molar-refractivity contribution in [3.63, 3.8) is 0 Å². The number of carbonyl (C=O) groups is 2. The summed E-state index contributed by atoms with van der Waals surface area (Å²) in [4.78, 5) is 23.8. The molecule has 2 amide bonds. The van der Waals surface area contributed by atoms with Gasteiger partial charge in [-0.05, 0) is 43.3 Å². The number of anilines is 2. The topological polar surface area (TPSA) is 67.4 Å². The summed E-state index contributed by atoms with van der Waals surface area (Å²) in [6.07, 6.45) is -0.519. The van der Waals surface area contributed by atoms with Crippen molar-refractivity contribution in [3.8, 4) is 5.75 Å². The van der Waals surface area contributed by atoms with Gasteiger partial charge in [-0.15, -0.1) is 0 Å². The van der Waals surface area contributed by atoms with Gasteiger partial charge in [0.1, 0.15) is 5.75 Å². The maximum atomic E-state index is 12.2. The maximum Gasteiger partial charge on any atom is 0.265 e. The van der Waals surface area contributed by atoms with Gasteiger partial charge in [0.25, 0.3) is 11.8 Å². The van der Waals surface area contributed by atoms with E-state index >= 15 is 0 Å². The minimum Gasteiger partial charge on any atom is -0.479 e. The second-order valence-electron chi connectivity index (χ2n) is 4.92. The van der Waals surface area contributed by atoms with Gasteiger partial charge >= 0.3 is 0 Å². The number of benzene rings is 2. The van der Waals surface area contributed by atoms with E-state index in [9.17, 15) is 9.59 Å². The summed E-state index contributed by atoms with van der Waals surface area (Å²) < 4.78 is 6.31. The summed E-state index contributed by atoms with van der Waals surface area (Å²) in [5.41, 5.74) is 1.68. The monoisotopic (exact) mass is 360 g/mol. The van der Waals surface area contributed by atoms with Gasteiger partial charge in [0.05, 0.1) is 5.69 Å². The van der Waals surface area contributed by atoms with Crippen LogP contribution in [0.3, 0.4) is 0 Å². The second kappa shape index (κ2) is 5.81. The third-order valence-corrected chi connectivity index (χ3v) is 3.75. The fourth-order valence-electron chi connectivity index (χ4n) is 2.12. The van der Waals surface area contributed by atoms with Gasteiger partial charge < -0.3 is 15.4 Å². The third kappa shape index (κ3) is 2.96. The predicted octanol–water partition coefficient (Wildman–Crippen LogP) is 3.42. The second-order valence-corrected chi connectivity index (χ2v) is 5.84. The first-order chi connectivity index (χ1) is 10.5. The van der Waals surface area contributed by atoms with Crippen LogP contribution in [0.2, 0.25) is 0 Å². The van der Waals surface area contributed by atoms with Crippen LogP contribution in [0.1, 0.15) is 17.3 Å². The van der Waals surface area contributed by atoms with E-state index in [1.807, 2.05) is 6.07 Å². The number of ether oxygens (including phenoxy) is 1. The molecule has 0 aliphatic carbocycles. The lowest BCUT2D eigenvalue weighted by Crippen LogP contribution is -2.34. The molecule has 1 aliphatic rings. The van der Waals surface area contributed by atoms with Gasteiger partial charge in [0, 0.05) is 15.7 Å². The highest BCUT2D eigenvalue weighted by molar-refractivity contribution is 9.10. The van der Waals surface area contributed by atoms with Crippen LogP contribution in [0.15, 0.2) is 46.9 Å². The molecular weight excluding hydrogens is 348 g/mol. The molecule has 6 heteroatoms. The van der Waals surface area contributed by atoms with E-state index < -0.39 is 6.10 Å². The number of amides is 2. The van der Waals surface area contributed by atoms with E-state index in [4.69, 9.17) is 4.74 Å². The highest BCUT2D eigenvalue weighted by atomic mass is 79.9. The number of hydrogen-bond acceptors (Lipinski definition) is 3. The van der Waals surface area contributed by atoms with E-state index in [0.29, 0.717) is 22.7 Å². The number of nitrogens with one attached hydrogen (secondary N) is 2. The molecule has 22 heavy (non-hydrogen) atoms. The third-order valence-electron chi connectivity index (χ3n) is 3.26. The van der Waals surface area contributed by atoms with E-state index in [2.05, 4.69) is 26.6 Å². The van der Waals surface area contributed by atoms with Crippen LogP contribution in [0.4, 0.5) is 11.4 Å². The molecule has 0 radical (unpaired) electrons. The van der Waals surface area contributed by atoms with Crippen LogP contribution < -0.4 is 15.4 Å². The Labute approximate surface area is 135 Å². The highest BCUT2D eigenvalue weighted by Gasteiger charge is 2.23. The van der Waals surface area contributed by atoms with Crippen molar-refractivity contribution in [1.29, 1.82) is 0 Å². The van der Waals surface area contributed by atoms with Crippen LogP contribution in [0.25, 0.3) is 0 Å². The van der Waals surface area contributed by atoms with Crippen molar-refractivity contribution >= 4 is 39.1 Å². The molecule has 2 aromatic carbocycles. The summed E-state index contributed by atoms with van der Waals surface area (Å²) in [5.74, 6) is 0.160. The first-order valence-electron chi connectivity index (χ1n) is 6.71. The lowest BCUT2D eigenvalue weighted by Gasteiger charge is -2.23. The Bertz CT molecular complexity index is 761. The molecule has 1 aliphatic heterocycles. The van der Waals surface area contributed by atoms with Crippen LogP contribution in [0, 0.1) is 0 Å². The number of carbonyl (C=O) groups excluding carboxylic acids is 2. The summed E-state index contributed by atoms with van der Waals surface area (Å²) in [6.45, 7) is 1.68. The molecular formula is C16H13BrN2O3. The quantitative estimate of drug-likeness (QED) is 0.861. The molecule has 2 N–H and O–H groups in total. The molecule has 1 heterocycles. The normalized spacial score (nSPS) is 16.3. The van der Waals surface area contributed by atoms with Crippen molar-refractivity contribution in [3.05, 3.63) is 52.5 Å². The Morgan fingerprint density at radius 3 is 2.86 bits per heavy atom. The van der Waals surface area contributed by atoms with E-state index in [0.717, 1.165) is 4.47 Å². The van der Waals surface area contributed by atoms with E-state index in [1.165, 1.54) is 0 Å². The molecule has 2 aromatic rings. The van der Waals surface area contributed by atoms with Crippen LogP contribution >= 0.6 is 15.9 Å². The number of rotatable bonds is 2. The molecule has 0 spiro atoms. The van der Waals surface area contributed by atoms with Crippen molar-refractivity contribution in [2.75, 3.05) is 10.6 Å². The zero-order chi connectivity index (χ0) is 15.7.